The first-order valence-electron chi connectivity index (χ1n) is 3.25. The van der Waals surface area contributed by atoms with Gasteiger partial charge < -0.3 is 0 Å². The van der Waals surface area contributed by atoms with Crippen LogP contribution in [-0.2, 0) is 0 Å². The summed E-state index contributed by atoms with van der Waals surface area (Å²) in [4.78, 5) is 8.99. The molecule has 2 heterocycles. The highest BCUT2D eigenvalue weighted by atomic mass is 35.5. The molecule has 0 fully saturated rings. The molecule has 0 saturated carbocycles. The molecular formula is C7H4ClN3S. The summed E-state index contributed by atoms with van der Waals surface area (Å²) in [6, 6.07) is 1.88. The molecule has 0 aliphatic rings. The number of aromatic nitrogens is 3. The number of rotatable bonds is 1. The molecule has 0 aliphatic carbocycles. The normalized spacial score (nSPS) is 10.1. The fraction of sp³-hybridized carbons (Fsp3) is 0. The Hall–Kier alpha value is -1.00. The Labute approximate surface area is 78.2 Å². The molecule has 0 aromatic carbocycles. The fourth-order valence-corrected chi connectivity index (χ4v) is 1.51. The molecule has 12 heavy (non-hydrogen) atoms. The van der Waals surface area contributed by atoms with E-state index in [2.05, 4.69) is 14.3 Å². The lowest BCUT2D eigenvalue weighted by Gasteiger charge is -1.93. The molecular weight excluding hydrogens is 194 g/mol. The van der Waals surface area contributed by atoms with Crippen LogP contribution in [0.3, 0.4) is 0 Å². The summed E-state index contributed by atoms with van der Waals surface area (Å²) in [5.41, 5.74) is 0.769. The van der Waals surface area contributed by atoms with Gasteiger partial charge >= 0.3 is 0 Å². The van der Waals surface area contributed by atoms with Gasteiger partial charge in [0.25, 0.3) is 0 Å². The molecule has 0 radical (unpaired) electrons. The van der Waals surface area contributed by atoms with Crippen LogP contribution in [0.2, 0.25) is 5.15 Å². The molecule has 2 aromatic heterocycles. The summed E-state index contributed by atoms with van der Waals surface area (Å²) in [5.74, 6) is 0. The highest BCUT2D eigenvalue weighted by Gasteiger charge is 2.01. The number of halogens is 1. The Balaban J connectivity index is 2.48. The van der Waals surface area contributed by atoms with Gasteiger partial charge in [0.05, 0.1) is 17.3 Å². The van der Waals surface area contributed by atoms with Crippen molar-refractivity contribution in [1.82, 2.24) is 14.3 Å². The molecule has 0 aliphatic heterocycles. The Morgan fingerprint density at radius 2 is 2.25 bits per heavy atom. The third kappa shape index (κ3) is 1.44. The maximum atomic E-state index is 5.67. The van der Waals surface area contributed by atoms with Gasteiger partial charge in [-0.15, -0.1) is 0 Å². The van der Waals surface area contributed by atoms with E-state index < -0.39 is 0 Å². The van der Waals surface area contributed by atoms with Crippen LogP contribution in [-0.4, -0.2) is 14.3 Å². The van der Waals surface area contributed by atoms with Crippen LogP contribution in [0.5, 0.6) is 0 Å². The van der Waals surface area contributed by atoms with Gasteiger partial charge in [-0.25, -0.2) is 9.36 Å². The SMILES string of the molecule is Clc1cncc(-c2ccns2)n1. The molecule has 3 nitrogen and oxygen atoms in total. The minimum absolute atomic E-state index is 0.404. The average molecular weight is 198 g/mol. The van der Waals surface area contributed by atoms with Crippen LogP contribution >= 0.6 is 23.1 Å². The second-order valence-corrected chi connectivity index (χ2v) is 3.32. The molecule has 0 saturated heterocycles. The molecule has 0 spiro atoms. The first kappa shape index (κ1) is 7.64. The summed E-state index contributed by atoms with van der Waals surface area (Å²) in [6.07, 6.45) is 4.90. The van der Waals surface area contributed by atoms with Crippen LogP contribution in [0.4, 0.5) is 0 Å². The first-order chi connectivity index (χ1) is 5.86. The molecule has 2 aromatic rings. The van der Waals surface area contributed by atoms with Crippen molar-refractivity contribution in [3.8, 4) is 10.6 Å². The van der Waals surface area contributed by atoms with E-state index in [0.29, 0.717) is 5.15 Å². The van der Waals surface area contributed by atoms with E-state index >= 15 is 0 Å². The van der Waals surface area contributed by atoms with E-state index in [1.54, 1.807) is 12.4 Å². The van der Waals surface area contributed by atoms with Crippen LogP contribution in [0.25, 0.3) is 10.6 Å². The quantitative estimate of drug-likeness (QED) is 0.704. The Kier molecular flexibility index (Phi) is 2.01. The van der Waals surface area contributed by atoms with Gasteiger partial charge in [0.2, 0.25) is 0 Å². The predicted octanol–water partition coefficient (Wildman–Crippen LogP) is 2.25. The van der Waals surface area contributed by atoms with E-state index in [1.807, 2.05) is 6.07 Å². The van der Waals surface area contributed by atoms with Gasteiger partial charge in [0, 0.05) is 6.20 Å². The smallest absolute Gasteiger partial charge is 0.148 e. The van der Waals surface area contributed by atoms with Crippen molar-refractivity contribution in [2.75, 3.05) is 0 Å². The first-order valence-corrected chi connectivity index (χ1v) is 4.40. The molecule has 0 unspecified atom stereocenters. The zero-order valence-corrected chi connectivity index (χ0v) is 7.51. The molecule has 0 bridgehead atoms. The van der Waals surface area contributed by atoms with Gasteiger partial charge in [-0.3, -0.25) is 4.98 Å². The van der Waals surface area contributed by atoms with Crippen molar-refractivity contribution >= 4 is 23.1 Å². The number of hydrogen-bond acceptors (Lipinski definition) is 4. The van der Waals surface area contributed by atoms with Gasteiger partial charge in [-0.05, 0) is 17.6 Å². The van der Waals surface area contributed by atoms with Crippen molar-refractivity contribution in [1.29, 1.82) is 0 Å². The maximum absolute atomic E-state index is 5.67. The topological polar surface area (TPSA) is 38.7 Å². The molecule has 0 amide bonds. The van der Waals surface area contributed by atoms with Crippen molar-refractivity contribution < 1.29 is 0 Å². The largest absolute Gasteiger partial charge is 0.259 e. The van der Waals surface area contributed by atoms with Crippen molar-refractivity contribution in [2.45, 2.75) is 0 Å². The lowest BCUT2D eigenvalue weighted by atomic mass is 10.4. The Bertz CT molecular complexity index is 374. The van der Waals surface area contributed by atoms with E-state index in [-0.39, 0.29) is 0 Å². The number of hydrogen-bond donors (Lipinski definition) is 0. The molecule has 0 N–H and O–H groups in total. The third-order valence-corrected chi connectivity index (χ3v) is 2.25. The van der Waals surface area contributed by atoms with Crippen molar-refractivity contribution in [3.63, 3.8) is 0 Å². The molecule has 60 valence electrons. The molecule has 0 atom stereocenters. The zero-order valence-electron chi connectivity index (χ0n) is 5.94. The number of nitrogens with zero attached hydrogens (tertiary/aromatic N) is 3. The predicted molar refractivity (Wildman–Crippen MR) is 48.2 cm³/mol. The fourth-order valence-electron chi connectivity index (χ4n) is 0.809. The van der Waals surface area contributed by atoms with E-state index in [1.165, 1.54) is 17.7 Å². The zero-order chi connectivity index (χ0) is 8.39. The lowest BCUT2D eigenvalue weighted by Crippen LogP contribution is -1.82. The summed E-state index contributed by atoms with van der Waals surface area (Å²) >= 11 is 7.05. The summed E-state index contributed by atoms with van der Waals surface area (Å²) in [6.45, 7) is 0. The van der Waals surface area contributed by atoms with E-state index in [0.717, 1.165) is 10.6 Å². The van der Waals surface area contributed by atoms with Crippen molar-refractivity contribution in [3.05, 3.63) is 29.8 Å². The lowest BCUT2D eigenvalue weighted by molar-refractivity contribution is 1.21. The van der Waals surface area contributed by atoms with Gasteiger partial charge in [0.15, 0.2) is 0 Å². The highest BCUT2D eigenvalue weighted by Crippen LogP contribution is 2.20. The van der Waals surface area contributed by atoms with E-state index in [9.17, 15) is 0 Å². The minimum Gasteiger partial charge on any atom is -0.259 e. The van der Waals surface area contributed by atoms with Crippen LogP contribution in [0.1, 0.15) is 0 Å². The summed E-state index contributed by atoms with van der Waals surface area (Å²) in [5, 5.41) is 0.404. The van der Waals surface area contributed by atoms with Crippen LogP contribution in [0.15, 0.2) is 24.7 Å². The Morgan fingerprint density at radius 1 is 1.33 bits per heavy atom. The van der Waals surface area contributed by atoms with Crippen molar-refractivity contribution in [2.24, 2.45) is 0 Å². The standard InChI is InChI=1S/C7H4ClN3S/c8-7-4-9-3-5(11-7)6-1-2-10-12-6/h1-4H. The second kappa shape index (κ2) is 3.16. The average Bonchev–Trinajstić information content (AvgIpc) is 2.56. The van der Waals surface area contributed by atoms with Gasteiger partial charge in [0.1, 0.15) is 10.8 Å². The second-order valence-electron chi connectivity index (χ2n) is 2.10. The van der Waals surface area contributed by atoms with Crippen LogP contribution < -0.4 is 0 Å². The Morgan fingerprint density at radius 3 is 2.92 bits per heavy atom. The highest BCUT2D eigenvalue weighted by molar-refractivity contribution is 7.09. The minimum atomic E-state index is 0.404. The molecule has 5 heteroatoms. The van der Waals surface area contributed by atoms with Gasteiger partial charge in [-0.2, -0.15) is 0 Å². The monoisotopic (exact) mass is 197 g/mol. The molecule has 2 rings (SSSR count). The summed E-state index contributed by atoms with van der Waals surface area (Å²) < 4.78 is 3.96. The maximum Gasteiger partial charge on any atom is 0.148 e. The van der Waals surface area contributed by atoms with Crippen LogP contribution in [0, 0.1) is 0 Å². The third-order valence-electron chi connectivity index (χ3n) is 1.30. The summed E-state index contributed by atoms with van der Waals surface area (Å²) in [7, 11) is 0. The van der Waals surface area contributed by atoms with E-state index in [4.69, 9.17) is 11.6 Å². The van der Waals surface area contributed by atoms with Gasteiger partial charge in [-0.1, -0.05) is 11.6 Å².